The summed E-state index contributed by atoms with van der Waals surface area (Å²) in [6.45, 7) is 0.767. The fourth-order valence-corrected chi connectivity index (χ4v) is 2.46. The van der Waals surface area contributed by atoms with E-state index >= 15 is 0 Å². The van der Waals surface area contributed by atoms with Crippen LogP contribution in [0.15, 0.2) is 36.9 Å². The number of nitrogens with one attached hydrogen (secondary N) is 1. The van der Waals surface area contributed by atoms with E-state index in [2.05, 4.69) is 26.3 Å². The maximum absolute atomic E-state index is 4.52. The van der Waals surface area contributed by atoms with Crippen LogP contribution in [0.1, 0.15) is 35.8 Å². The van der Waals surface area contributed by atoms with Gasteiger partial charge in [-0.15, -0.1) is 0 Å². The minimum absolute atomic E-state index is 0.352. The van der Waals surface area contributed by atoms with Crippen LogP contribution in [0.4, 0.5) is 0 Å². The molecule has 0 saturated heterocycles. The lowest BCUT2D eigenvalue weighted by Gasteiger charge is -2.25. The van der Waals surface area contributed by atoms with Crippen LogP contribution in [0.25, 0.3) is 0 Å². The molecule has 18 heavy (non-hydrogen) atoms. The molecule has 0 radical (unpaired) electrons. The van der Waals surface area contributed by atoms with E-state index in [0.717, 1.165) is 25.1 Å². The lowest BCUT2D eigenvalue weighted by Crippen LogP contribution is -2.26. The minimum Gasteiger partial charge on any atom is -0.303 e. The number of aryl methyl sites for hydroxylation is 1. The van der Waals surface area contributed by atoms with Crippen molar-refractivity contribution in [1.29, 1.82) is 0 Å². The van der Waals surface area contributed by atoms with Crippen LogP contribution in [-0.2, 0) is 13.0 Å². The van der Waals surface area contributed by atoms with E-state index < -0.39 is 0 Å². The Morgan fingerprint density at radius 3 is 3.11 bits per heavy atom. The first kappa shape index (κ1) is 11.3. The molecule has 0 fully saturated rings. The second kappa shape index (κ2) is 5.23. The number of nitrogens with zero attached hydrogens (tertiary/aromatic N) is 3. The van der Waals surface area contributed by atoms with Gasteiger partial charge in [0.1, 0.15) is 6.33 Å². The quantitative estimate of drug-likeness (QED) is 0.892. The number of pyridine rings is 1. The van der Waals surface area contributed by atoms with Gasteiger partial charge in [-0.05, 0) is 37.0 Å². The molecular formula is C14H16N4. The second-order valence-electron chi connectivity index (χ2n) is 4.57. The van der Waals surface area contributed by atoms with Crippen LogP contribution in [0.2, 0.25) is 0 Å². The molecule has 1 aliphatic rings. The Hall–Kier alpha value is -1.81. The van der Waals surface area contributed by atoms with Crippen molar-refractivity contribution in [2.75, 3.05) is 0 Å². The molecular weight excluding hydrogens is 224 g/mol. The zero-order chi connectivity index (χ0) is 12.2. The molecule has 4 nitrogen and oxygen atoms in total. The normalized spacial score (nSPS) is 18.3. The van der Waals surface area contributed by atoms with Crippen molar-refractivity contribution in [1.82, 2.24) is 20.3 Å². The largest absolute Gasteiger partial charge is 0.303 e. The fraction of sp³-hybridized carbons (Fsp3) is 0.357. The van der Waals surface area contributed by atoms with Crippen LogP contribution in [-0.4, -0.2) is 15.0 Å². The van der Waals surface area contributed by atoms with Crippen LogP contribution in [0.3, 0.4) is 0 Å². The Kier molecular flexibility index (Phi) is 3.28. The molecule has 0 amide bonds. The first-order chi connectivity index (χ1) is 8.93. The second-order valence-corrected chi connectivity index (χ2v) is 4.57. The van der Waals surface area contributed by atoms with Gasteiger partial charge in [-0.25, -0.2) is 9.97 Å². The molecule has 0 bridgehead atoms. The molecule has 4 heteroatoms. The standard InChI is InChI=1S/C14H16N4/c1-3-11-4-2-7-16-14(11)13(5-1)17-9-12-6-8-15-10-18-12/h2,4,6-8,10,13,17H,1,3,5,9H2. The van der Waals surface area contributed by atoms with Crippen molar-refractivity contribution in [3.05, 3.63) is 53.9 Å². The topological polar surface area (TPSA) is 50.7 Å². The summed E-state index contributed by atoms with van der Waals surface area (Å²) in [6.07, 6.45) is 8.76. The van der Waals surface area contributed by atoms with Crippen molar-refractivity contribution in [3.8, 4) is 0 Å². The highest BCUT2D eigenvalue weighted by atomic mass is 15.0. The lowest BCUT2D eigenvalue weighted by molar-refractivity contribution is 0.445. The molecule has 1 atom stereocenters. The first-order valence-electron chi connectivity index (χ1n) is 6.35. The molecule has 2 aromatic heterocycles. The number of fused-ring (bicyclic) bond motifs is 1. The molecule has 1 unspecified atom stereocenters. The summed E-state index contributed by atoms with van der Waals surface area (Å²) in [4.78, 5) is 12.7. The molecule has 2 aromatic rings. The molecule has 2 heterocycles. The maximum atomic E-state index is 4.52. The molecule has 1 aliphatic carbocycles. The SMILES string of the molecule is c1cnc2c(c1)CCCC2NCc1ccncn1. The van der Waals surface area contributed by atoms with Crippen LogP contribution in [0, 0.1) is 0 Å². The zero-order valence-electron chi connectivity index (χ0n) is 10.2. The van der Waals surface area contributed by atoms with Gasteiger partial charge in [-0.3, -0.25) is 4.98 Å². The maximum Gasteiger partial charge on any atom is 0.115 e. The molecule has 0 aromatic carbocycles. The van der Waals surface area contributed by atoms with Crippen molar-refractivity contribution >= 4 is 0 Å². The Labute approximate surface area is 107 Å². The van der Waals surface area contributed by atoms with E-state index in [-0.39, 0.29) is 0 Å². The van der Waals surface area contributed by atoms with E-state index in [1.165, 1.54) is 17.7 Å². The van der Waals surface area contributed by atoms with Crippen LogP contribution < -0.4 is 5.32 Å². The highest BCUT2D eigenvalue weighted by Crippen LogP contribution is 2.27. The monoisotopic (exact) mass is 240 g/mol. The average molecular weight is 240 g/mol. The van der Waals surface area contributed by atoms with Crippen LogP contribution in [0.5, 0.6) is 0 Å². The van der Waals surface area contributed by atoms with Crippen molar-refractivity contribution in [3.63, 3.8) is 0 Å². The molecule has 3 rings (SSSR count). The predicted molar refractivity (Wildman–Crippen MR) is 68.8 cm³/mol. The third kappa shape index (κ3) is 2.38. The fourth-order valence-electron chi connectivity index (χ4n) is 2.46. The Balaban J connectivity index is 1.71. The Bertz CT molecular complexity index is 512. The van der Waals surface area contributed by atoms with Gasteiger partial charge >= 0.3 is 0 Å². The van der Waals surface area contributed by atoms with E-state index in [9.17, 15) is 0 Å². The van der Waals surface area contributed by atoms with Crippen molar-refractivity contribution in [2.45, 2.75) is 31.8 Å². The average Bonchev–Trinajstić information content (AvgIpc) is 2.46. The summed E-state index contributed by atoms with van der Waals surface area (Å²) < 4.78 is 0. The minimum atomic E-state index is 0.352. The highest BCUT2D eigenvalue weighted by Gasteiger charge is 2.20. The number of aromatic nitrogens is 3. The third-order valence-corrected chi connectivity index (χ3v) is 3.37. The van der Waals surface area contributed by atoms with Crippen molar-refractivity contribution < 1.29 is 0 Å². The van der Waals surface area contributed by atoms with E-state index in [0.29, 0.717) is 6.04 Å². The summed E-state index contributed by atoms with van der Waals surface area (Å²) >= 11 is 0. The van der Waals surface area contributed by atoms with E-state index in [1.54, 1.807) is 12.5 Å². The highest BCUT2D eigenvalue weighted by molar-refractivity contribution is 5.25. The Morgan fingerprint density at radius 1 is 1.22 bits per heavy atom. The van der Waals surface area contributed by atoms with Crippen molar-refractivity contribution in [2.24, 2.45) is 0 Å². The van der Waals surface area contributed by atoms with Gasteiger partial charge in [0.15, 0.2) is 0 Å². The number of rotatable bonds is 3. The Morgan fingerprint density at radius 2 is 2.22 bits per heavy atom. The van der Waals surface area contributed by atoms with Gasteiger partial charge in [0.25, 0.3) is 0 Å². The molecule has 1 N–H and O–H groups in total. The molecule has 0 aliphatic heterocycles. The number of hydrogen-bond acceptors (Lipinski definition) is 4. The van der Waals surface area contributed by atoms with Gasteiger partial charge in [0.05, 0.1) is 17.4 Å². The molecule has 0 saturated carbocycles. The third-order valence-electron chi connectivity index (χ3n) is 3.37. The summed E-state index contributed by atoms with van der Waals surface area (Å²) in [5.41, 5.74) is 3.61. The summed E-state index contributed by atoms with van der Waals surface area (Å²) in [7, 11) is 0. The van der Waals surface area contributed by atoms with Gasteiger partial charge in [-0.2, -0.15) is 0 Å². The van der Waals surface area contributed by atoms with E-state index in [1.807, 2.05) is 18.3 Å². The first-order valence-corrected chi connectivity index (χ1v) is 6.35. The van der Waals surface area contributed by atoms with Gasteiger partial charge in [0.2, 0.25) is 0 Å². The number of hydrogen-bond donors (Lipinski definition) is 1. The summed E-state index contributed by atoms with van der Waals surface area (Å²) in [5.74, 6) is 0. The van der Waals surface area contributed by atoms with Gasteiger partial charge < -0.3 is 5.32 Å². The van der Waals surface area contributed by atoms with Crippen LogP contribution >= 0.6 is 0 Å². The smallest absolute Gasteiger partial charge is 0.115 e. The predicted octanol–water partition coefficient (Wildman–Crippen LogP) is 2.04. The van der Waals surface area contributed by atoms with E-state index in [4.69, 9.17) is 0 Å². The van der Waals surface area contributed by atoms with Gasteiger partial charge in [0, 0.05) is 18.9 Å². The zero-order valence-corrected chi connectivity index (χ0v) is 10.2. The summed E-state index contributed by atoms with van der Waals surface area (Å²) in [6, 6.07) is 6.49. The lowest BCUT2D eigenvalue weighted by atomic mass is 9.92. The molecule has 92 valence electrons. The van der Waals surface area contributed by atoms with Gasteiger partial charge in [-0.1, -0.05) is 6.07 Å². The molecule has 0 spiro atoms. The summed E-state index contributed by atoms with van der Waals surface area (Å²) in [5, 5.41) is 3.54.